The predicted octanol–water partition coefficient (Wildman–Crippen LogP) is 7.14. The molecule has 0 saturated carbocycles. The lowest BCUT2D eigenvalue weighted by Crippen LogP contribution is -2.59. The molecule has 1 aliphatic rings. The number of imide groups is 1. The fourth-order valence-corrected chi connectivity index (χ4v) is 12.6. The monoisotopic (exact) mass is 1820 g/mol. The van der Waals surface area contributed by atoms with Gasteiger partial charge in [-0.2, -0.15) is 0 Å². The maximum atomic E-state index is 14.6. The molecular formula is C91H144N14O24. The molecule has 0 aliphatic carbocycles. The molecule has 0 radical (unpaired) electrons. The van der Waals surface area contributed by atoms with E-state index in [4.69, 9.17) is 48.0 Å². The van der Waals surface area contributed by atoms with Crippen LogP contribution in [0.3, 0.4) is 0 Å². The number of nitrogens with two attached hydrogens (primary N) is 1. The molecule has 2 aromatic carbocycles. The molecule has 129 heavy (non-hydrogen) atoms. The minimum absolute atomic E-state index is 0.0239. The van der Waals surface area contributed by atoms with Crippen molar-refractivity contribution < 1.29 is 109 Å². The lowest BCUT2D eigenvalue weighted by atomic mass is 10.0. The molecule has 2 heterocycles. The summed E-state index contributed by atoms with van der Waals surface area (Å²) in [6, 6.07) is 8.90. The Kier molecular flexibility index (Phi) is 45.9. The Labute approximate surface area is 757 Å². The molecule has 38 heteroatoms. The van der Waals surface area contributed by atoms with Gasteiger partial charge in [0.15, 0.2) is 0 Å². The van der Waals surface area contributed by atoms with Gasteiger partial charge in [-0.1, -0.05) is 32.4 Å². The summed E-state index contributed by atoms with van der Waals surface area (Å²) in [6.45, 7) is 31.4. The molecule has 3 atom stereocenters. The van der Waals surface area contributed by atoms with Crippen LogP contribution >= 0.6 is 0 Å². The molecule has 1 unspecified atom stereocenters. The van der Waals surface area contributed by atoms with Crippen molar-refractivity contribution in [2.75, 3.05) is 112 Å². The summed E-state index contributed by atoms with van der Waals surface area (Å²) in [5.41, 5.74) is 1.05. The van der Waals surface area contributed by atoms with Crippen molar-refractivity contribution in [3.05, 3.63) is 82.7 Å². The van der Waals surface area contributed by atoms with Crippen molar-refractivity contribution in [3.8, 4) is 5.75 Å². The number of hydrogen-bond donors (Lipinski definition) is 11. The van der Waals surface area contributed by atoms with Gasteiger partial charge in [0.05, 0.1) is 56.4 Å². The fraction of sp³-hybridized carbons (Fsp3) is 0.659. The third-order valence-corrected chi connectivity index (χ3v) is 20.0. The molecule has 0 bridgehead atoms. The van der Waals surface area contributed by atoms with Gasteiger partial charge in [-0.3, -0.25) is 57.6 Å². The topological polar surface area (TPSA) is 499 Å². The molecule has 722 valence electrons. The molecule has 1 aliphatic heterocycles. The zero-order valence-corrected chi connectivity index (χ0v) is 79.1. The Bertz CT molecular complexity index is 4130. The second-order valence-corrected chi connectivity index (χ2v) is 37.5. The molecule has 0 spiro atoms. The van der Waals surface area contributed by atoms with Gasteiger partial charge < -0.3 is 111 Å². The summed E-state index contributed by atoms with van der Waals surface area (Å²) in [4.78, 5) is 203. The van der Waals surface area contributed by atoms with Gasteiger partial charge >= 0.3 is 23.8 Å². The van der Waals surface area contributed by atoms with Crippen LogP contribution in [0.4, 0.5) is 20.1 Å². The number of unbranched alkanes of at least 4 members (excludes halogenated alkanes) is 2. The summed E-state index contributed by atoms with van der Waals surface area (Å²) in [5.74, 6) is -6.67. The van der Waals surface area contributed by atoms with Crippen LogP contribution in [-0.2, 0) is 92.5 Å². The number of rotatable bonds is 58. The lowest BCUT2D eigenvalue weighted by Gasteiger charge is -2.34. The highest BCUT2D eigenvalue weighted by Crippen LogP contribution is 2.23. The van der Waals surface area contributed by atoms with Crippen LogP contribution < -0.4 is 69.3 Å². The molecular weight excluding hydrogens is 1670 g/mol. The Morgan fingerprint density at radius 3 is 1.45 bits per heavy atom. The maximum absolute atomic E-state index is 14.6. The van der Waals surface area contributed by atoms with Crippen molar-refractivity contribution in [2.45, 2.75) is 278 Å². The first kappa shape index (κ1) is 111. The third-order valence-electron chi connectivity index (χ3n) is 20.0. The molecule has 12 N–H and O–H groups in total. The number of likely N-dealkylation sites (N-methyl/N-ethyl adjacent to an activating group) is 2. The number of ether oxygens (including phenoxy) is 8. The van der Waals surface area contributed by atoms with Crippen molar-refractivity contribution >= 4 is 99.9 Å². The van der Waals surface area contributed by atoms with E-state index in [2.05, 4.69) is 53.2 Å². The average Bonchev–Trinajstić information content (AvgIpc) is 1.24. The molecule has 0 saturated heterocycles. The van der Waals surface area contributed by atoms with E-state index in [1.165, 1.54) is 60.3 Å². The summed E-state index contributed by atoms with van der Waals surface area (Å²) in [5, 5.41) is 28.7. The highest BCUT2D eigenvalue weighted by atomic mass is 16.6. The van der Waals surface area contributed by atoms with Gasteiger partial charge in [-0.25, -0.2) is 19.2 Å². The fourth-order valence-electron chi connectivity index (χ4n) is 12.6. The number of benzene rings is 2. The van der Waals surface area contributed by atoms with E-state index in [1.54, 1.807) is 44.2 Å². The number of hydrogen-bond acceptors (Lipinski definition) is 24. The number of carbonyl (C=O) groups is 14. The lowest BCUT2D eigenvalue weighted by molar-refractivity contribution is -0.137. The van der Waals surface area contributed by atoms with Crippen molar-refractivity contribution in [1.29, 1.82) is 0 Å². The summed E-state index contributed by atoms with van der Waals surface area (Å²) in [7, 11) is 2.96. The van der Waals surface area contributed by atoms with Gasteiger partial charge in [-0.15, -0.1) is 0 Å². The smallest absolute Gasteiger partial charge is 0.415 e. The first-order valence-corrected chi connectivity index (χ1v) is 44.1. The zero-order chi connectivity index (χ0) is 96.5. The molecule has 1 aromatic heterocycles. The molecule has 4 rings (SSSR count). The molecule has 0 fully saturated rings. The quantitative estimate of drug-likeness (QED) is 0.0152. The van der Waals surface area contributed by atoms with Crippen LogP contribution in [0.25, 0.3) is 11.0 Å². The minimum Gasteiger partial charge on any atom is -0.445 e. The third kappa shape index (κ3) is 46.9. The van der Waals surface area contributed by atoms with Crippen LogP contribution in [0.2, 0.25) is 0 Å². The van der Waals surface area contributed by atoms with E-state index in [-0.39, 0.29) is 165 Å². The molecule has 3 aromatic rings. The number of amides is 15. The largest absolute Gasteiger partial charge is 0.445 e. The van der Waals surface area contributed by atoms with Crippen LogP contribution in [0.15, 0.2) is 76.0 Å². The number of nitrogens with one attached hydrogen (secondary N) is 10. The highest BCUT2D eigenvalue weighted by molar-refractivity contribution is 6.13. The van der Waals surface area contributed by atoms with Crippen LogP contribution in [0, 0.1) is 5.92 Å². The molecule has 38 nitrogen and oxygen atoms in total. The number of fused-ring (bicyclic) bond motifs is 1. The number of nitrogens with zero attached hydrogens (tertiary/aromatic N) is 3. The zero-order valence-electron chi connectivity index (χ0n) is 79.1. The van der Waals surface area contributed by atoms with Crippen molar-refractivity contribution in [3.63, 3.8) is 0 Å². The SMILES string of the molecule is CC(C)C(NC(=O)CC[C@H](NC(=O)CCCCCN1C(=O)C=CC1=O)C(=O)NCCC(=O)NC(COCCC(=O)NC(C)(C)CCOC(C)(C)C)(COCCC(=O)NC(C)(C)CCOC(C)(C)C)COCCC(=O)NC(C)(C)CCOC(C)(C)C)C(=O)N[C@@H](CCCNC(N)=O)C(=O)Nc1ccc(COC(=O)N(C)CCN(C)C(=O)Oc2ccc3ccc(=O)oc3c2)cc1. The Balaban J connectivity index is 1.53. The first-order chi connectivity index (χ1) is 60.2. The summed E-state index contributed by atoms with van der Waals surface area (Å²) < 4.78 is 52.5. The van der Waals surface area contributed by atoms with E-state index in [0.29, 0.717) is 62.9 Å². The normalized spacial score (nSPS) is 13.3. The van der Waals surface area contributed by atoms with Gasteiger partial charge in [0.1, 0.15) is 41.6 Å². The number of anilines is 1. The van der Waals surface area contributed by atoms with E-state index in [1.807, 2.05) is 104 Å². The van der Waals surface area contributed by atoms with Crippen LogP contribution in [-0.4, -0.2) is 261 Å². The standard InChI is InChI=1S/C91H144N14O24/c1-61(2)78(81(117)97-66(24-23-45-94-82(92)118)80(116)95-64-30-26-62(27-31-64)57-124-83(119)103(18)48-49-104(19)84(120)128-65-32-28-63-29-37-77(114)129-68(63)56-65)98-70(107)34-33-67(96-69(106)25-21-20-22-47-105-75(112)35-36-76(105)113)79(115)93-46-38-71(108)102-91(58-121-50-39-72(109)99-88(12,13)42-53-125-85(3,4)5,59-122-51-40-73(110)100-89(14,15)43-54-126-86(6,7)8)60-123-52-41-74(111)101-90(16,17)44-55-127-87(9,10)11/h26-32,35-37,56,61,66-67,78H,20-25,33-34,38-55,57-60H2,1-19H3,(H,93,115)(H,95,116)(H,96,106)(H,97,117)(H,98,107)(H,99,109)(H,100,110)(H,101,111)(H,102,108)(H3,92,94,118)/t66-,67-,78?/m0/s1. The van der Waals surface area contributed by atoms with Gasteiger partial charge in [0.25, 0.3) is 11.8 Å². The van der Waals surface area contributed by atoms with Crippen molar-refractivity contribution in [2.24, 2.45) is 11.7 Å². The Morgan fingerprint density at radius 1 is 0.473 bits per heavy atom. The molecule has 15 amide bonds. The summed E-state index contributed by atoms with van der Waals surface area (Å²) >= 11 is 0. The van der Waals surface area contributed by atoms with E-state index >= 15 is 0 Å². The van der Waals surface area contributed by atoms with E-state index in [9.17, 15) is 71.9 Å². The maximum Gasteiger partial charge on any atom is 0.415 e. The first-order valence-electron chi connectivity index (χ1n) is 44.1. The number of urea groups is 1. The number of carbonyl (C=O) groups excluding carboxylic acids is 14. The van der Waals surface area contributed by atoms with Crippen LogP contribution in [0.5, 0.6) is 5.75 Å². The highest BCUT2D eigenvalue weighted by Gasteiger charge is 2.37. The second-order valence-electron chi connectivity index (χ2n) is 37.5. The second kappa shape index (κ2) is 53.5. The Morgan fingerprint density at radius 2 is 0.953 bits per heavy atom. The average molecular weight is 1820 g/mol. The van der Waals surface area contributed by atoms with Crippen molar-refractivity contribution in [1.82, 2.24) is 62.6 Å². The minimum atomic E-state index is -1.59. The predicted molar refractivity (Wildman–Crippen MR) is 482 cm³/mol. The van der Waals surface area contributed by atoms with E-state index in [0.717, 1.165) is 4.90 Å². The number of primary amides is 1. The van der Waals surface area contributed by atoms with Gasteiger partial charge in [0, 0.05) is 157 Å². The van der Waals surface area contributed by atoms with Gasteiger partial charge in [0.2, 0.25) is 53.2 Å². The van der Waals surface area contributed by atoms with Crippen LogP contribution in [0.1, 0.15) is 220 Å². The summed E-state index contributed by atoms with van der Waals surface area (Å²) in [6.07, 6.45) is 1.88. The Hall–Kier alpha value is -10.7. The van der Waals surface area contributed by atoms with E-state index < -0.39 is 147 Å². The van der Waals surface area contributed by atoms with Gasteiger partial charge in [-0.05, 0) is 197 Å².